The molecule has 6 heteroatoms. The molecular formula is C49H92O6. The SMILES string of the molecule is CCCCCC/C=C\CCCCCCCC(=O)OC(COC(=O)CCCCCCCCCC)COC(=O)CCCCCCCCCCCCCCCCCC. The third kappa shape index (κ3) is 43.1. The monoisotopic (exact) mass is 777 g/mol. The maximum Gasteiger partial charge on any atom is 0.306 e. The van der Waals surface area contributed by atoms with Crippen molar-refractivity contribution in [2.24, 2.45) is 0 Å². The molecule has 0 N–H and O–H groups in total. The van der Waals surface area contributed by atoms with E-state index in [9.17, 15) is 14.4 Å². The first-order valence-electron chi connectivity index (χ1n) is 24.2. The zero-order valence-electron chi connectivity index (χ0n) is 37.0. The zero-order valence-corrected chi connectivity index (χ0v) is 37.0. The Morgan fingerprint density at radius 3 is 0.927 bits per heavy atom. The molecule has 0 aromatic carbocycles. The summed E-state index contributed by atoms with van der Waals surface area (Å²) < 4.78 is 16.7. The van der Waals surface area contributed by atoms with Gasteiger partial charge >= 0.3 is 17.9 Å². The van der Waals surface area contributed by atoms with Gasteiger partial charge in [0.2, 0.25) is 0 Å². The molecule has 1 atom stereocenters. The van der Waals surface area contributed by atoms with Crippen molar-refractivity contribution in [1.29, 1.82) is 0 Å². The fraction of sp³-hybridized carbons (Fsp3) is 0.898. The molecule has 1 unspecified atom stereocenters. The van der Waals surface area contributed by atoms with Gasteiger partial charge in [0.05, 0.1) is 0 Å². The summed E-state index contributed by atoms with van der Waals surface area (Å²) in [6.45, 7) is 6.61. The summed E-state index contributed by atoms with van der Waals surface area (Å²) in [4.78, 5) is 37.7. The van der Waals surface area contributed by atoms with Crippen LogP contribution in [0.4, 0.5) is 0 Å². The van der Waals surface area contributed by atoms with Gasteiger partial charge in [-0.25, -0.2) is 0 Å². The van der Waals surface area contributed by atoms with Crippen LogP contribution < -0.4 is 0 Å². The van der Waals surface area contributed by atoms with Crippen LogP contribution in [0.25, 0.3) is 0 Å². The Labute approximate surface area is 341 Å². The van der Waals surface area contributed by atoms with Crippen molar-refractivity contribution in [1.82, 2.24) is 0 Å². The van der Waals surface area contributed by atoms with Gasteiger partial charge in [-0.05, 0) is 44.9 Å². The minimum Gasteiger partial charge on any atom is -0.462 e. The van der Waals surface area contributed by atoms with Gasteiger partial charge in [-0.15, -0.1) is 0 Å². The maximum atomic E-state index is 12.7. The second-order valence-electron chi connectivity index (χ2n) is 16.4. The molecule has 0 heterocycles. The summed E-state index contributed by atoms with van der Waals surface area (Å²) in [5, 5.41) is 0. The van der Waals surface area contributed by atoms with Crippen LogP contribution in [-0.4, -0.2) is 37.2 Å². The van der Waals surface area contributed by atoms with Gasteiger partial charge < -0.3 is 14.2 Å². The largest absolute Gasteiger partial charge is 0.462 e. The molecule has 0 fully saturated rings. The zero-order chi connectivity index (χ0) is 40.1. The highest BCUT2D eigenvalue weighted by Gasteiger charge is 2.19. The summed E-state index contributed by atoms with van der Waals surface area (Å²) >= 11 is 0. The predicted octanol–water partition coefficient (Wildman–Crippen LogP) is 15.4. The Morgan fingerprint density at radius 2 is 0.600 bits per heavy atom. The number of hydrogen-bond acceptors (Lipinski definition) is 6. The minimum atomic E-state index is -0.765. The minimum absolute atomic E-state index is 0.0689. The number of esters is 3. The van der Waals surface area contributed by atoms with Crippen molar-refractivity contribution < 1.29 is 28.6 Å². The van der Waals surface area contributed by atoms with E-state index in [1.165, 1.54) is 161 Å². The topological polar surface area (TPSA) is 78.9 Å². The number of carbonyl (C=O) groups excluding carboxylic acids is 3. The van der Waals surface area contributed by atoms with Gasteiger partial charge in [-0.3, -0.25) is 14.4 Å². The molecule has 0 rings (SSSR count). The average Bonchev–Trinajstić information content (AvgIpc) is 3.18. The van der Waals surface area contributed by atoms with Crippen LogP contribution in [0.1, 0.15) is 265 Å². The molecule has 0 saturated carbocycles. The highest BCUT2D eigenvalue weighted by Crippen LogP contribution is 2.16. The van der Waals surface area contributed by atoms with Crippen molar-refractivity contribution in [2.75, 3.05) is 13.2 Å². The van der Waals surface area contributed by atoms with Crippen molar-refractivity contribution in [2.45, 2.75) is 271 Å². The number of unbranched alkanes of at least 4 members (excludes halogenated alkanes) is 31. The number of carbonyl (C=O) groups is 3. The first-order chi connectivity index (χ1) is 27.0. The fourth-order valence-corrected chi connectivity index (χ4v) is 7.08. The smallest absolute Gasteiger partial charge is 0.306 e. The number of ether oxygens (including phenoxy) is 3. The normalized spacial score (nSPS) is 12.0. The van der Waals surface area contributed by atoms with E-state index in [1.807, 2.05) is 0 Å². The van der Waals surface area contributed by atoms with Crippen LogP contribution in [0, 0.1) is 0 Å². The Bertz CT molecular complexity index is 854. The van der Waals surface area contributed by atoms with E-state index in [-0.39, 0.29) is 31.1 Å². The Balaban J connectivity index is 4.27. The Morgan fingerprint density at radius 1 is 0.345 bits per heavy atom. The number of allylic oxidation sites excluding steroid dienone is 2. The van der Waals surface area contributed by atoms with Crippen LogP contribution in [-0.2, 0) is 28.6 Å². The Hall–Kier alpha value is -1.85. The van der Waals surface area contributed by atoms with Crippen LogP contribution in [0.5, 0.6) is 0 Å². The van der Waals surface area contributed by atoms with Crippen LogP contribution in [0.2, 0.25) is 0 Å². The summed E-state index contributed by atoms with van der Waals surface area (Å²) in [7, 11) is 0. The molecule has 324 valence electrons. The maximum absolute atomic E-state index is 12.7. The van der Waals surface area contributed by atoms with Crippen LogP contribution in [0.15, 0.2) is 12.2 Å². The molecule has 0 amide bonds. The van der Waals surface area contributed by atoms with Gasteiger partial charge in [-0.2, -0.15) is 0 Å². The second-order valence-corrected chi connectivity index (χ2v) is 16.4. The van der Waals surface area contributed by atoms with Gasteiger partial charge in [0, 0.05) is 19.3 Å². The molecule has 55 heavy (non-hydrogen) atoms. The summed E-state index contributed by atoms with van der Waals surface area (Å²) in [6, 6.07) is 0. The highest BCUT2D eigenvalue weighted by atomic mass is 16.6. The van der Waals surface area contributed by atoms with Gasteiger partial charge in [0.25, 0.3) is 0 Å². The van der Waals surface area contributed by atoms with Crippen molar-refractivity contribution in [3.8, 4) is 0 Å². The molecule has 0 aliphatic heterocycles. The second kappa shape index (κ2) is 44.9. The predicted molar refractivity (Wildman–Crippen MR) is 233 cm³/mol. The lowest BCUT2D eigenvalue weighted by Gasteiger charge is -2.18. The molecule has 0 saturated heterocycles. The van der Waals surface area contributed by atoms with Gasteiger partial charge in [0.15, 0.2) is 6.10 Å². The first-order valence-corrected chi connectivity index (χ1v) is 24.2. The molecule has 0 spiro atoms. The first kappa shape index (κ1) is 53.1. The van der Waals surface area contributed by atoms with E-state index in [0.717, 1.165) is 64.2 Å². The van der Waals surface area contributed by atoms with E-state index in [2.05, 4.69) is 32.9 Å². The average molecular weight is 777 g/mol. The molecule has 0 aromatic rings. The lowest BCUT2D eigenvalue weighted by Crippen LogP contribution is -2.30. The number of hydrogen-bond donors (Lipinski definition) is 0. The molecule has 0 aliphatic carbocycles. The van der Waals surface area contributed by atoms with E-state index in [4.69, 9.17) is 14.2 Å². The quantitative estimate of drug-likeness (QED) is 0.0265. The van der Waals surface area contributed by atoms with Gasteiger partial charge in [-0.1, -0.05) is 213 Å². The van der Waals surface area contributed by atoms with Crippen molar-refractivity contribution >= 4 is 17.9 Å². The number of rotatable bonds is 44. The molecule has 0 aliphatic rings. The standard InChI is InChI=1S/C49H92O6/c1-4-7-10-13-16-19-21-23-24-25-27-28-30-33-36-39-42-48(51)54-45-46(44-53-47(50)41-38-35-32-18-15-12-9-6-3)55-49(52)43-40-37-34-31-29-26-22-20-17-14-11-8-5-2/h20,22,46H,4-19,21,23-45H2,1-3H3/b22-20-. The summed E-state index contributed by atoms with van der Waals surface area (Å²) in [5.41, 5.74) is 0. The lowest BCUT2D eigenvalue weighted by molar-refractivity contribution is -0.167. The van der Waals surface area contributed by atoms with E-state index in [0.29, 0.717) is 19.3 Å². The third-order valence-corrected chi connectivity index (χ3v) is 10.8. The highest BCUT2D eigenvalue weighted by molar-refractivity contribution is 5.71. The molecule has 6 nitrogen and oxygen atoms in total. The fourth-order valence-electron chi connectivity index (χ4n) is 7.08. The molecular weight excluding hydrogens is 685 g/mol. The van der Waals surface area contributed by atoms with Crippen LogP contribution in [0.3, 0.4) is 0 Å². The van der Waals surface area contributed by atoms with Crippen LogP contribution >= 0.6 is 0 Å². The third-order valence-electron chi connectivity index (χ3n) is 10.8. The van der Waals surface area contributed by atoms with E-state index < -0.39 is 6.10 Å². The Kier molecular flexibility index (Phi) is 43.4. The summed E-state index contributed by atoms with van der Waals surface area (Å²) in [6.07, 6.45) is 47.7. The molecule has 0 radical (unpaired) electrons. The van der Waals surface area contributed by atoms with E-state index >= 15 is 0 Å². The molecule has 0 aromatic heterocycles. The van der Waals surface area contributed by atoms with Crippen molar-refractivity contribution in [3.05, 3.63) is 12.2 Å². The molecule has 0 bridgehead atoms. The van der Waals surface area contributed by atoms with Crippen molar-refractivity contribution in [3.63, 3.8) is 0 Å². The van der Waals surface area contributed by atoms with E-state index in [1.54, 1.807) is 0 Å². The summed E-state index contributed by atoms with van der Waals surface area (Å²) in [5.74, 6) is -0.871. The van der Waals surface area contributed by atoms with Gasteiger partial charge in [0.1, 0.15) is 13.2 Å². The lowest BCUT2D eigenvalue weighted by atomic mass is 10.0.